The van der Waals surface area contributed by atoms with Crippen molar-refractivity contribution in [3.8, 4) is 5.75 Å². The van der Waals surface area contributed by atoms with Crippen LogP contribution in [0.25, 0.3) is 0 Å². The molecule has 0 aliphatic heterocycles. The van der Waals surface area contributed by atoms with Gasteiger partial charge in [-0.1, -0.05) is 18.2 Å². The zero-order valence-electron chi connectivity index (χ0n) is 11.9. The molecule has 0 fully saturated rings. The molecule has 0 heterocycles. The maximum absolute atomic E-state index is 11.2. The second-order valence-electron chi connectivity index (χ2n) is 4.68. The molecule has 0 aliphatic rings. The Bertz CT molecular complexity index is 712. The molecule has 21 heavy (non-hydrogen) atoms. The van der Waals surface area contributed by atoms with Gasteiger partial charge < -0.3 is 10.1 Å². The van der Waals surface area contributed by atoms with Crippen LogP contribution in [0.5, 0.6) is 5.75 Å². The second kappa shape index (κ2) is 6.15. The topological polar surface area (TPSA) is 81.4 Å². The number of ether oxygens (including phenoxy) is 1. The van der Waals surface area contributed by atoms with E-state index in [2.05, 4.69) is 5.32 Å². The Morgan fingerprint density at radius 3 is 2.29 bits per heavy atom. The van der Waals surface area contributed by atoms with Gasteiger partial charge in [0.2, 0.25) is 10.0 Å². The Labute approximate surface area is 124 Å². The van der Waals surface area contributed by atoms with Gasteiger partial charge >= 0.3 is 0 Å². The Balaban J connectivity index is 2.18. The second-order valence-corrected chi connectivity index (χ2v) is 6.24. The summed E-state index contributed by atoms with van der Waals surface area (Å²) >= 11 is 0. The van der Waals surface area contributed by atoms with Gasteiger partial charge in [0.1, 0.15) is 5.75 Å². The summed E-state index contributed by atoms with van der Waals surface area (Å²) in [5, 5.41) is 8.37. The van der Waals surface area contributed by atoms with Gasteiger partial charge in [-0.25, -0.2) is 13.6 Å². The van der Waals surface area contributed by atoms with Crippen LogP contribution < -0.4 is 15.2 Å². The Morgan fingerprint density at radius 2 is 1.71 bits per heavy atom. The third-order valence-corrected chi connectivity index (χ3v) is 4.10. The van der Waals surface area contributed by atoms with Crippen molar-refractivity contribution in [3.63, 3.8) is 0 Å². The third kappa shape index (κ3) is 3.74. The molecule has 0 saturated heterocycles. The highest BCUT2D eigenvalue weighted by Gasteiger charge is 2.11. The van der Waals surface area contributed by atoms with Gasteiger partial charge in [0.05, 0.1) is 18.0 Å². The van der Waals surface area contributed by atoms with Crippen molar-refractivity contribution in [2.45, 2.75) is 17.9 Å². The summed E-state index contributed by atoms with van der Waals surface area (Å²) in [7, 11) is -2.03. The van der Waals surface area contributed by atoms with E-state index in [1.54, 1.807) is 19.2 Å². The van der Waals surface area contributed by atoms with Gasteiger partial charge in [-0.15, -0.1) is 0 Å². The summed E-state index contributed by atoms with van der Waals surface area (Å²) in [4.78, 5) is 0.0954. The largest absolute Gasteiger partial charge is 0.496 e. The van der Waals surface area contributed by atoms with Crippen molar-refractivity contribution in [2.24, 2.45) is 5.14 Å². The predicted molar refractivity (Wildman–Crippen MR) is 82.8 cm³/mol. The Morgan fingerprint density at radius 1 is 1.10 bits per heavy atom. The van der Waals surface area contributed by atoms with E-state index in [1.807, 2.05) is 31.2 Å². The smallest absolute Gasteiger partial charge is 0.238 e. The van der Waals surface area contributed by atoms with E-state index in [0.29, 0.717) is 0 Å². The van der Waals surface area contributed by atoms with Crippen molar-refractivity contribution in [1.29, 1.82) is 0 Å². The fraction of sp³-hybridized carbons (Fsp3) is 0.200. The predicted octanol–water partition coefficient (Wildman–Crippen LogP) is 2.52. The first-order valence-corrected chi connectivity index (χ1v) is 7.99. The van der Waals surface area contributed by atoms with E-state index < -0.39 is 10.0 Å². The van der Waals surface area contributed by atoms with Crippen LogP contribution in [0.2, 0.25) is 0 Å². The molecule has 0 spiro atoms. The van der Waals surface area contributed by atoms with Gasteiger partial charge in [0, 0.05) is 11.3 Å². The molecule has 1 atom stereocenters. The molecule has 3 N–H and O–H groups in total. The van der Waals surface area contributed by atoms with E-state index >= 15 is 0 Å². The van der Waals surface area contributed by atoms with E-state index in [4.69, 9.17) is 9.88 Å². The number of primary sulfonamides is 1. The first kappa shape index (κ1) is 15.3. The van der Waals surface area contributed by atoms with Gasteiger partial charge in [-0.2, -0.15) is 0 Å². The fourth-order valence-electron chi connectivity index (χ4n) is 2.09. The SMILES string of the molecule is COc1ccccc1C(C)Nc1ccc(S(N)(=O)=O)cc1. The Kier molecular flexibility index (Phi) is 4.50. The number of sulfonamides is 1. The van der Waals surface area contributed by atoms with Gasteiger partial charge in [-0.3, -0.25) is 0 Å². The number of nitrogens with two attached hydrogens (primary N) is 1. The van der Waals surface area contributed by atoms with E-state index in [1.165, 1.54) is 12.1 Å². The van der Waals surface area contributed by atoms with Crippen molar-refractivity contribution in [3.05, 3.63) is 54.1 Å². The summed E-state index contributed by atoms with van der Waals surface area (Å²) in [5.41, 5.74) is 1.83. The fourth-order valence-corrected chi connectivity index (χ4v) is 2.61. The quantitative estimate of drug-likeness (QED) is 0.889. The number of anilines is 1. The van der Waals surface area contributed by atoms with Crippen molar-refractivity contribution < 1.29 is 13.2 Å². The van der Waals surface area contributed by atoms with Crippen molar-refractivity contribution in [1.82, 2.24) is 0 Å². The number of para-hydroxylation sites is 1. The van der Waals surface area contributed by atoms with Crippen LogP contribution in [0.4, 0.5) is 5.69 Å². The minimum absolute atomic E-state index is 0.0153. The van der Waals surface area contributed by atoms with Gasteiger partial charge in [0.25, 0.3) is 0 Å². The lowest BCUT2D eigenvalue weighted by molar-refractivity contribution is 0.408. The highest BCUT2D eigenvalue weighted by molar-refractivity contribution is 7.89. The van der Waals surface area contributed by atoms with Gasteiger partial charge in [-0.05, 0) is 37.3 Å². The molecule has 0 saturated carbocycles. The lowest BCUT2D eigenvalue weighted by Crippen LogP contribution is -2.12. The summed E-state index contributed by atoms with van der Waals surface area (Å²) in [6, 6.07) is 14.1. The maximum atomic E-state index is 11.2. The van der Waals surface area contributed by atoms with Crippen molar-refractivity contribution in [2.75, 3.05) is 12.4 Å². The number of hydrogen-bond acceptors (Lipinski definition) is 4. The van der Waals surface area contributed by atoms with Crippen molar-refractivity contribution >= 4 is 15.7 Å². The standard InChI is InChI=1S/C15H18N2O3S/c1-11(14-5-3-4-6-15(14)20-2)17-12-7-9-13(10-8-12)21(16,18)19/h3-11,17H,1-2H3,(H2,16,18,19). The van der Waals surface area contributed by atoms with Crippen LogP contribution in [-0.4, -0.2) is 15.5 Å². The lowest BCUT2D eigenvalue weighted by atomic mass is 10.1. The maximum Gasteiger partial charge on any atom is 0.238 e. The molecule has 0 radical (unpaired) electrons. The molecule has 2 rings (SSSR count). The van der Waals surface area contributed by atoms with Gasteiger partial charge in [0.15, 0.2) is 0 Å². The average Bonchev–Trinajstić information content (AvgIpc) is 2.46. The van der Waals surface area contributed by atoms with Crippen LogP contribution in [-0.2, 0) is 10.0 Å². The van der Waals surface area contributed by atoms with E-state index in [9.17, 15) is 8.42 Å². The summed E-state index contributed by atoms with van der Waals surface area (Å²) < 4.78 is 27.8. The van der Waals surface area contributed by atoms with Crippen LogP contribution in [0.15, 0.2) is 53.4 Å². The summed E-state index contributed by atoms with van der Waals surface area (Å²) in [6.07, 6.45) is 0. The molecule has 0 aromatic heterocycles. The van der Waals surface area contributed by atoms with E-state index in [0.717, 1.165) is 17.0 Å². The summed E-state index contributed by atoms with van der Waals surface area (Å²) in [5.74, 6) is 0.804. The zero-order valence-corrected chi connectivity index (χ0v) is 12.7. The third-order valence-electron chi connectivity index (χ3n) is 3.17. The number of methoxy groups -OCH3 is 1. The normalized spacial score (nSPS) is 12.7. The molecule has 5 nitrogen and oxygen atoms in total. The number of hydrogen-bond donors (Lipinski definition) is 2. The minimum Gasteiger partial charge on any atom is -0.496 e. The highest BCUT2D eigenvalue weighted by Crippen LogP contribution is 2.27. The number of rotatable bonds is 5. The number of nitrogens with one attached hydrogen (secondary N) is 1. The molecule has 112 valence electrons. The first-order valence-electron chi connectivity index (χ1n) is 6.44. The van der Waals surface area contributed by atoms with E-state index in [-0.39, 0.29) is 10.9 Å². The highest BCUT2D eigenvalue weighted by atomic mass is 32.2. The molecular formula is C15H18N2O3S. The molecular weight excluding hydrogens is 288 g/mol. The van der Waals surface area contributed by atoms with Crippen LogP contribution in [0.1, 0.15) is 18.5 Å². The molecule has 0 aliphatic carbocycles. The molecule has 2 aromatic carbocycles. The van der Waals surface area contributed by atoms with Crippen LogP contribution in [0, 0.1) is 0 Å². The van der Waals surface area contributed by atoms with Crippen LogP contribution >= 0.6 is 0 Å². The minimum atomic E-state index is -3.66. The molecule has 2 aromatic rings. The number of benzene rings is 2. The lowest BCUT2D eigenvalue weighted by Gasteiger charge is -2.18. The molecule has 0 bridgehead atoms. The first-order chi connectivity index (χ1) is 9.91. The Hall–Kier alpha value is -2.05. The monoisotopic (exact) mass is 306 g/mol. The average molecular weight is 306 g/mol. The summed E-state index contributed by atoms with van der Waals surface area (Å²) in [6.45, 7) is 2.01. The molecule has 0 amide bonds. The molecule has 6 heteroatoms. The molecule has 1 unspecified atom stereocenters. The zero-order chi connectivity index (χ0) is 15.5. The van der Waals surface area contributed by atoms with Crippen LogP contribution in [0.3, 0.4) is 0 Å².